The Morgan fingerprint density at radius 1 is 0.400 bits per heavy atom. The molecule has 0 N–H and O–H groups in total. The van der Waals surface area contributed by atoms with Crippen molar-refractivity contribution in [3.8, 4) is 22.3 Å². The fourth-order valence-electron chi connectivity index (χ4n) is 11.7. The van der Waals surface area contributed by atoms with Crippen LogP contribution in [0.25, 0.3) is 49.4 Å². The van der Waals surface area contributed by atoms with Crippen molar-refractivity contribution in [3.63, 3.8) is 0 Å². The molecular weight excluding hydrogens is 783 g/mol. The molecule has 10 aromatic carbocycles. The first-order chi connectivity index (χ1) is 32.2. The normalized spacial score (nSPS) is 17.1. The third kappa shape index (κ3) is 6.00. The Balaban J connectivity index is 1.03. The first-order valence-corrected chi connectivity index (χ1v) is 22.8. The number of fused-ring (bicyclic) bond motifs is 5. The van der Waals surface area contributed by atoms with Crippen LogP contribution in [0, 0.1) is 5.92 Å². The van der Waals surface area contributed by atoms with Gasteiger partial charge in [-0.05, 0) is 90.5 Å². The summed E-state index contributed by atoms with van der Waals surface area (Å²) in [6.07, 6.45) is 7.17. The van der Waals surface area contributed by atoms with Crippen LogP contribution in [-0.2, 0) is 10.8 Å². The quantitative estimate of drug-likeness (QED) is 0.147. The standard InChI is InChI=1S/C64H47N/c1-63-56(37-20-40-61(63)64(49-27-7-3-8-28-49,50-29-9-4-10-30-50)58-36-15-14-35-57(58)63)47-41-43-51(44-42-47)65(59-39-19-24-45-23-11-12-31-52(45)59)60-38-16-13-32-54(60)55-34-18-26-48-25-17-33-53(62(48)55)46-21-5-2-6-22-46/h2-44,61H,1H3. The molecule has 0 saturated carbocycles. The van der Waals surface area contributed by atoms with E-state index in [0.717, 1.165) is 17.1 Å². The van der Waals surface area contributed by atoms with Gasteiger partial charge < -0.3 is 4.90 Å². The van der Waals surface area contributed by atoms with Gasteiger partial charge in [0.05, 0.1) is 16.8 Å². The van der Waals surface area contributed by atoms with Gasteiger partial charge >= 0.3 is 0 Å². The summed E-state index contributed by atoms with van der Waals surface area (Å²) in [5, 5.41) is 4.88. The highest BCUT2D eigenvalue weighted by atomic mass is 15.1. The Morgan fingerprint density at radius 2 is 0.938 bits per heavy atom. The molecular formula is C64H47N. The van der Waals surface area contributed by atoms with Crippen LogP contribution in [0.4, 0.5) is 17.1 Å². The van der Waals surface area contributed by atoms with E-state index in [2.05, 4.69) is 273 Å². The predicted octanol–water partition coefficient (Wildman–Crippen LogP) is 16.7. The topological polar surface area (TPSA) is 3.24 Å². The molecule has 0 amide bonds. The van der Waals surface area contributed by atoms with E-state index in [-0.39, 0.29) is 16.7 Å². The minimum atomic E-state index is -0.374. The zero-order valence-corrected chi connectivity index (χ0v) is 36.4. The van der Waals surface area contributed by atoms with Crippen molar-refractivity contribution in [1.82, 2.24) is 0 Å². The van der Waals surface area contributed by atoms with Crippen LogP contribution >= 0.6 is 0 Å². The van der Waals surface area contributed by atoms with Crippen LogP contribution in [0.2, 0.25) is 0 Å². The van der Waals surface area contributed by atoms with Gasteiger partial charge in [0.2, 0.25) is 0 Å². The summed E-state index contributed by atoms with van der Waals surface area (Å²) < 4.78 is 0. The smallest absolute Gasteiger partial charge is 0.0540 e. The monoisotopic (exact) mass is 829 g/mol. The summed E-state index contributed by atoms with van der Waals surface area (Å²) in [5.41, 5.74) is 15.5. The SMILES string of the molecule is CC12C(c3ccc(N(c4ccccc4-c4cccc5cccc(-c6ccccc6)c45)c4cccc5ccccc45)cc3)=CC=CC1C(c1ccccc1)(c1ccccc1)c1ccccc12. The number of anilines is 3. The average molecular weight is 830 g/mol. The molecule has 1 nitrogen and oxygen atoms in total. The van der Waals surface area contributed by atoms with E-state index in [9.17, 15) is 0 Å². The van der Waals surface area contributed by atoms with E-state index in [4.69, 9.17) is 0 Å². The Morgan fingerprint density at radius 3 is 1.68 bits per heavy atom. The number of allylic oxidation sites excluding steroid dienone is 4. The Kier molecular flexibility index (Phi) is 9.31. The van der Waals surface area contributed by atoms with Crippen molar-refractivity contribution in [2.45, 2.75) is 17.8 Å². The maximum atomic E-state index is 2.49. The molecule has 2 aliphatic rings. The highest BCUT2D eigenvalue weighted by Gasteiger charge is 2.60. The number of para-hydroxylation sites is 1. The second kappa shape index (κ2) is 15.7. The van der Waals surface area contributed by atoms with Gasteiger partial charge in [0.1, 0.15) is 0 Å². The Bertz CT molecular complexity index is 3390. The molecule has 65 heavy (non-hydrogen) atoms. The fourth-order valence-corrected chi connectivity index (χ4v) is 11.7. The molecule has 0 spiro atoms. The lowest BCUT2D eigenvalue weighted by molar-refractivity contribution is 0.377. The largest absolute Gasteiger partial charge is 0.309 e. The Labute approximate surface area is 381 Å². The van der Waals surface area contributed by atoms with Gasteiger partial charge in [-0.15, -0.1) is 0 Å². The van der Waals surface area contributed by atoms with Crippen LogP contribution < -0.4 is 4.90 Å². The lowest BCUT2D eigenvalue weighted by Crippen LogP contribution is -2.41. The molecule has 0 saturated heterocycles. The maximum Gasteiger partial charge on any atom is 0.0540 e. The van der Waals surface area contributed by atoms with Gasteiger partial charge in [-0.2, -0.15) is 0 Å². The van der Waals surface area contributed by atoms with Crippen molar-refractivity contribution in [2.24, 2.45) is 5.92 Å². The second-order valence-corrected chi connectivity index (χ2v) is 17.7. The van der Waals surface area contributed by atoms with Gasteiger partial charge in [-0.3, -0.25) is 0 Å². The zero-order valence-electron chi connectivity index (χ0n) is 36.4. The molecule has 0 aliphatic heterocycles. The van der Waals surface area contributed by atoms with E-state index in [1.54, 1.807) is 0 Å². The van der Waals surface area contributed by atoms with Gasteiger partial charge in [0, 0.05) is 28.0 Å². The molecule has 2 atom stereocenters. The van der Waals surface area contributed by atoms with Crippen LogP contribution in [0.1, 0.15) is 34.7 Å². The van der Waals surface area contributed by atoms with Crippen molar-refractivity contribution in [1.29, 1.82) is 0 Å². The number of hydrogen-bond acceptors (Lipinski definition) is 1. The highest BCUT2D eigenvalue weighted by molar-refractivity contribution is 6.10. The number of rotatable bonds is 8. The van der Waals surface area contributed by atoms with Crippen molar-refractivity contribution in [3.05, 3.63) is 289 Å². The summed E-state index contributed by atoms with van der Waals surface area (Å²) >= 11 is 0. The zero-order chi connectivity index (χ0) is 43.4. The fraction of sp³-hybridized carbons (Fsp3) is 0.0625. The van der Waals surface area contributed by atoms with Gasteiger partial charge in [0.25, 0.3) is 0 Å². The molecule has 308 valence electrons. The number of hydrogen-bond donors (Lipinski definition) is 0. The van der Waals surface area contributed by atoms with Crippen LogP contribution in [0.3, 0.4) is 0 Å². The van der Waals surface area contributed by atoms with E-state index in [0.29, 0.717) is 0 Å². The molecule has 1 heteroatoms. The highest BCUT2D eigenvalue weighted by Crippen LogP contribution is 2.65. The van der Waals surface area contributed by atoms with E-state index in [1.807, 2.05) is 0 Å². The van der Waals surface area contributed by atoms with Gasteiger partial charge in [0.15, 0.2) is 0 Å². The lowest BCUT2D eigenvalue weighted by atomic mass is 9.57. The predicted molar refractivity (Wildman–Crippen MR) is 274 cm³/mol. The first kappa shape index (κ1) is 38.7. The summed E-state index contributed by atoms with van der Waals surface area (Å²) in [6.45, 7) is 2.49. The molecule has 2 unspecified atom stereocenters. The summed E-state index contributed by atoms with van der Waals surface area (Å²) in [6, 6.07) is 89.6. The van der Waals surface area contributed by atoms with E-state index < -0.39 is 0 Å². The van der Waals surface area contributed by atoms with E-state index >= 15 is 0 Å². The lowest BCUT2D eigenvalue weighted by Gasteiger charge is -2.44. The van der Waals surface area contributed by atoms with Crippen LogP contribution in [0.5, 0.6) is 0 Å². The van der Waals surface area contributed by atoms with Crippen molar-refractivity contribution in [2.75, 3.05) is 4.90 Å². The first-order valence-electron chi connectivity index (χ1n) is 22.8. The minimum Gasteiger partial charge on any atom is -0.309 e. The second-order valence-electron chi connectivity index (χ2n) is 17.7. The molecule has 10 aromatic rings. The molecule has 0 radical (unpaired) electrons. The summed E-state index contributed by atoms with van der Waals surface area (Å²) in [7, 11) is 0. The minimum absolute atomic E-state index is 0.136. The van der Waals surface area contributed by atoms with Crippen molar-refractivity contribution < 1.29 is 0 Å². The molecule has 12 rings (SSSR count). The third-order valence-electron chi connectivity index (χ3n) is 14.5. The van der Waals surface area contributed by atoms with E-state index in [1.165, 1.54) is 77.2 Å². The molecule has 0 aromatic heterocycles. The van der Waals surface area contributed by atoms with Gasteiger partial charge in [-0.1, -0.05) is 244 Å². The molecule has 2 aliphatic carbocycles. The maximum absolute atomic E-state index is 2.49. The Hall–Kier alpha value is -8.00. The molecule has 0 heterocycles. The van der Waals surface area contributed by atoms with Crippen molar-refractivity contribution >= 4 is 44.2 Å². The molecule has 0 fully saturated rings. The number of nitrogens with zero attached hydrogens (tertiary/aromatic N) is 1. The molecule has 0 bridgehead atoms. The third-order valence-corrected chi connectivity index (χ3v) is 14.5. The summed E-state index contributed by atoms with van der Waals surface area (Å²) in [4.78, 5) is 2.48. The average Bonchev–Trinajstić information content (AvgIpc) is 3.63. The van der Waals surface area contributed by atoms with Gasteiger partial charge in [-0.25, -0.2) is 0 Å². The summed E-state index contributed by atoms with van der Waals surface area (Å²) in [5.74, 6) is 0.136. The number of benzene rings is 10. The van der Waals surface area contributed by atoms with Crippen LogP contribution in [-0.4, -0.2) is 0 Å². The van der Waals surface area contributed by atoms with Crippen LogP contribution in [0.15, 0.2) is 261 Å².